The average molecular weight is 233 g/mol. The van der Waals surface area contributed by atoms with Gasteiger partial charge in [0.25, 0.3) is 0 Å². The van der Waals surface area contributed by atoms with E-state index in [0.717, 1.165) is 49.9 Å². The molecule has 1 aliphatic carbocycles. The van der Waals surface area contributed by atoms with Gasteiger partial charge in [0, 0.05) is 6.54 Å². The zero-order chi connectivity index (χ0) is 11.7. The van der Waals surface area contributed by atoms with E-state index in [1.165, 1.54) is 18.4 Å². The van der Waals surface area contributed by atoms with Crippen LogP contribution in [0, 0.1) is 5.82 Å². The van der Waals surface area contributed by atoms with Crippen LogP contribution in [0.15, 0.2) is 12.1 Å². The number of rotatable bonds is 1. The van der Waals surface area contributed by atoms with Gasteiger partial charge in [0.2, 0.25) is 0 Å². The minimum atomic E-state index is 0.107. The van der Waals surface area contributed by atoms with Crippen LogP contribution in [0.25, 0.3) is 0 Å². The van der Waals surface area contributed by atoms with Crippen LogP contribution in [0.2, 0.25) is 0 Å². The van der Waals surface area contributed by atoms with E-state index in [4.69, 9.17) is 0 Å². The van der Waals surface area contributed by atoms with Crippen molar-refractivity contribution in [3.05, 3.63) is 34.6 Å². The van der Waals surface area contributed by atoms with Gasteiger partial charge in [-0.25, -0.2) is 4.39 Å². The van der Waals surface area contributed by atoms with Gasteiger partial charge in [-0.05, 0) is 67.7 Å². The molecule has 1 nitrogen and oxygen atoms in total. The lowest BCUT2D eigenvalue weighted by atomic mass is 9.84. The Balaban J connectivity index is 1.94. The molecule has 0 radical (unpaired) electrons. The second kappa shape index (κ2) is 4.77. The number of hydrogen-bond acceptors (Lipinski definition) is 1. The summed E-state index contributed by atoms with van der Waals surface area (Å²) in [6.45, 7) is 2.03. The highest BCUT2D eigenvalue weighted by atomic mass is 19.1. The van der Waals surface area contributed by atoms with E-state index in [1.807, 2.05) is 6.07 Å². The van der Waals surface area contributed by atoms with Crippen molar-refractivity contribution in [1.29, 1.82) is 0 Å². The highest BCUT2D eigenvalue weighted by Crippen LogP contribution is 2.31. The molecule has 1 atom stereocenters. The second-order valence-electron chi connectivity index (χ2n) is 5.36. The van der Waals surface area contributed by atoms with Gasteiger partial charge in [0.1, 0.15) is 5.82 Å². The molecule has 17 heavy (non-hydrogen) atoms. The van der Waals surface area contributed by atoms with Crippen LogP contribution in [0.3, 0.4) is 0 Å². The van der Waals surface area contributed by atoms with E-state index in [1.54, 1.807) is 0 Å². The van der Waals surface area contributed by atoms with Crippen LogP contribution in [-0.4, -0.2) is 13.1 Å². The molecule has 1 aromatic rings. The molecule has 0 spiro atoms. The van der Waals surface area contributed by atoms with E-state index in [2.05, 4.69) is 11.4 Å². The molecular formula is C15H20FN. The van der Waals surface area contributed by atoms with Gasteiger partial charge in [-0.15, -0.1) is 0 Å². The van der Waals surface area contributed by atoms with Crippen molar-refractivity contribution in [3.63, 3.8) is 0 Å². The Hall–Kier alpha value is -0.890. The molecule has 0 bridgehead atoms. The fourth-order valence-electron chi connectivity index (χ4n) is 3.23. The maximum absolute atomic E-state index is 14.5. The molecule has 0 amide bonds. The molecule has 1 heterocycles. The molecule has 2 heteroatoms. The molecule has 1 N–H and O–H groups in total. The molecule has 92 valence electrons. The van der Waals surface area contributed by atoms with Crippen molar-refractivity contribution in [3.8, 4) is 0 Å². The van der Waals surface area contributed by atoms with E-state index in [0.29, 0.717) is 5.92 Å². The second-order valence-corrected chi connectivity index (χ2v) is 5.36. The van der Waals surface area contributed by atoms with Crippen molar-refractivity contribution >= 4 is 0 Å². The van der Waals surface area contributed by atoms with E-state index >= 15 is 0 Å². The monoisotopic (exact) mass is 233 g/mol. The summed E-state index contributed by atoms with van der Waals surface area (Å²) in [5.41, 5.74) is 3.22. The number of hydrogen-bond donors (Lipinski definition) is 1. The predicted octanol–water partition coefficient (Wildman–Crippen LogP) is 3.17. The predicted molar refractivity (Wildman–Crippen MR) is 67.9 cm³/mol. The van der Waals surface area contributed by atoms with Crippen LogP contribution in [-0.2, 0) is 12.8 Å². The normalized spacial score (nSPS) is 24.4. The molecular weight excluding hydrogens is 213 g/mol. The minimum absolute atomic E-state index is 0.107. The SMILES string of the molecule is Fc1c(C2CCCNC2)ccc2c1CCCC2. The van der Waals surface area contributed by atoms with Gasteiger partial charge in [0.05, 0.1) is 0 Å². The lowest BCUT2D eigenvalue weighted by molar-refractivity contribution is 0.443. The van der Waals surface area contributed by atoms with Crippen LogP contribution in [0.5, 0.6) is 0 Å². The van der Waals surface area contributed by atoms with Gasteiger partial charge >= 0.3 is 0 Å². The van der Waals surface area contributed by atoms with Crippen LogP contribution >= 0.6 is 0 Å². The zero-order valence-corrected chi connectivity index (χ0v) is 10.3. The first kappa shape index (κ1) is 11.2. The first-order chi connectivity index (χ1) is 8.36. The van der Waals surface area contributed by atoms with Gasteiger partial charge in [0.15, 0.2) is 0 Å². The van der Waals surface area contributed by atoms with Gasteiger partial charge in [-0.2, -0.15) is 0 Å². The average Bonchev–Trinajstić information content (AvgIpc) is 2.40. The summed E-state index contributed by atoms with van der Waals surface area (Å²) in [5, 5.41) is 3.37. The molecule has 1 fully saturated rings. The third-order valence-electron chi connectivity index (χ3n) is 4.23. The quantitative estimate of drug-likeness (QED) is 0.785. The van der Waals surface area contributed by atoms with Gasteiger partial charge in [-0.1, -0.05) is 12.1 Å². The number of nitrogens with one attached hydrogen (secondary N) is 1. The molecule has 2 aliphatic rings. The lowest BCUT2D eigenvalue weighted by Crippen LogP contribution is -2.29. The van der Waals surface area contributed by atoms with Crippen molar-refractivity contribution in [2.45, 2.75) is 44.4 Å². The Labute approximate surface area is 102 Å². The van der Waals surface area contributed by atoms with Gasteiger partial charge < -0.3 is 5.32 Å². The summed E-state index contributed by atoms with van der Waals surface area (Å²) in [5.74, 6) is 0.492. The Morgan fingerprint density at radius 2 is 2.00 bits per heavy atom. The van der Waals surface area contributed by atoms with E-state index < -0.39 is 0 Å². The summed E-state index contributed by atoms with van der Waals surface area (Å²) in [4.78, 5) is 0. The smallest absolute Gasteiger partial charge is 0.130 e. The molecule has 1 unspecified atom stereocenters. The summed E-state index contributed by atoms with van der Waals surface area (Å²) in [6, 6.07) is 4.21. The number of fused-ring (bicyclic) bond motifs is 1. The molecule has 3 rings (SSSR count). The molecule has 1 aromatic carbocycles. The first-order valence-electron chi connectivity index (χ1n) is 6.87. The summed E-state index contributed by atoms with van der Waals surface area (Å²) >= 11 is 0. The number of aryl methyl sites for hydroxylation is 1. The van der Waals surface area contributed by atoms with Crippen molar-refractivity contribution < 1.29 is 4.39 Å². The van der Waals surface area contributed by atoms with Crippen molar-refractivity contribution in [2.75, 3.05) is 13.1 Å². The maximum atomic E-state index is 14.5. The maximum Gasteiger partial charge on any atom is 0.130 e. The Bertz CT molecular complexity index is 408. The number of halogens is 1. The van der Waals surface area contributed by atoms with Crippen LogP contribution in [0.1, 0.15) is 48.3 Å². The summed E-state index contributed by atoms with van der Waals surface area (Å²) in [6.07, 6.45) is 6.67. The highest BCUT2D eigenvalue weighted by Gasteiger charge is 2.22. The van der Waals surface area contributed by atoms with Crippen LogP contribution < -0.4 is 5.32 Å². The Kier molecular flexibility index (Phi) is 3.15. The van der Waals surface area contributed by atoms with Gasteiger partial charge in [-0.3, -0.25) is 0 Å². The molecule has 1 aliphatic heterocycles. The third kappa shape index (κ3) is 2.11. The Morgan fingerprint density at radius 3 is 2.82 bits per heavy atom. The molecule has 0 aromatic heterocycles. The third-order valence-corrected chi connectivity index (χ3v) is 4.23. The topological polar surface area (TPSA) is 12.0 Å². The summed E-state index contributed by atoms with van der Waals surface area (Å²) in [7, 11) is 0. The number of piperidine rings is 1. The highest BCUT2D eigenvalue weighted by molar-refractivity contribution is 5.37. The lowest BCUT2D eigenvalue weighted by Gasteiger charge is -2.26. The fraction of sp³-hybridized carbons (Fsp3) is 0.600. The number of benzene rings is 1. The largest absolute Gasteiger partial charge is 0.316 e. The van der Waals surface area contributed by atoms with Crippen molar-refractivity contribution in [2.24, 2.45) is 0 Å². The fourth-order valence-corrected chi connectivity index (χ4v) is 3.23. The molecule has 1 saturated heterocycles. The molecule has 0 saturated carbocycles. The Morgan fingerprint density at radius 1 is 1.12 bits per heavy atom. The zero-order valence-electron chi connectivity index (χ0n) is 10.3. The summed E-state index contributed by atoms with van der Waals surface area (Å²) < 4.78 is 14.5. The van der Waals surface area contributed by atoms with E-state index in [9.17, 15) is 4.39 Å². The van der Waals surface area contributed by atoms with Crippen molar-refractivity contribution in [1.82, 2.24) is 5.32 Å². The van der Waals surface area contributed by atoms with Crippen LogP contribution in [0.4, 0.5) is 4.39 Å². The minimum Gasteiger partial charge on any atom is -0.316 e. The van der Waals surface area contributed by atoms with E-state index in [-0.39, 0.29) is 5.82 Å². The standard InChI is InChI=1S/C15H20FN/c16-15-13-6-2-1-4-11(13)7-8-14(15)12-5-3-9-17-10-12/h7-8,12,17H,1-6,9-10H2. The first-order valence-corrected chi connectivity index (χ1v) is 6.87.